The van der Waals surface area contributed by atoms with Crippen molar-refractivity contribution in [3.8, 4) is 5.75 Å². The fourth-order valence-electron chi connectivity index (χ4n) is 1.41. The molecule has 0 aliphatic carbocycles. The maximum atomic E-state index is 10.7. The molecule has 0 amide bonds. The van der Waals surface area contributed by atoms with E-state index in [0.29, 0.717) is 13.2 Å². The highest BCUT2D eigenvalue weighted by Crippen LogP contribution is 2.29. The van der Waals surface area contributed by atoms with Crippen LogP contribution in [-0.4, -0.2) is 32.7 Å². The smallest absolute Gasteiger partial charge is 0.358 e. The van der Waals surface area contributed by atoms with E-state index in [1.165, 1.54) is 10.9 Å². The number of rotatable bonds is 5. The Morgan fingerprint density at radius 2 is 1.95 bits per heavy atom. The molecule has 2 rings (SSSR count). The van der Waals surface area contributed by atoms with Gasteiger partial charge in [0.1, 0.15) is 12.4 Å². The molecule has 0 unspecified atom stereocenters. The van der Waals surface area contributed by atoms with Crippen molar-refractivity contribution in [2.75, 3.05) is 6.61 Å². The predicted octanol–water partition coefficient (Wildman–Crippen LogP) is 2.87. The molecule has 0 saturated carbocycles. The van der Waals surface area contributed by atoms with Crippen LogP contribution in [-0.2, 0) is 6.54 Å². The minimum absolute atomic E-state index is 0.0663. The van der Waals surface area contributed by atoms with Crippen molar-refractivity contribution >= 4 is 73.7 Å². The van der Waals surface area contributed by atoms with Crippen molar-refractivity contribution in [1.82, 2.24) is 15.0 Å². The highest BCUT2D eigenvalue weighted by atomic mass is 127. The first-order valence-corrected chi connectivity index (χ1v) is 8.62. The average Bonchev–Trinajstić information content (AvgIpc) is 2.81. The summed E-state index contributed by atoms with van der Waals surface area (Å²) in [6.45, 7) is 0.841. The fourth-order valence-corrected chi connectivity index (χ4v) is 5.31. The number of hydrogen-bond donors (Lipinski definition) is 1. The van der Waals surface area contributed by atoms with E-state index >= 15 is 0 Å². The Labute approximate surface area is 155 Å². The third-order valence-corrected chi connectivity index (χ3v) is 4.51. The van der Waals surface area contributed by atoms with Gasteiger partial charge in [-0.15, -0.1) is 5.10 Å². The third-order valence-electron chi connectivity index (χ3n) is 2.29. The van der Waals surface area contributed by atoms with Crippen molar-refractivity contribution in [3.63, 3.8) is 0 Å². The maximum Gasteiger partial charge on any atom is 0.358 e. The number of benzene rings is 1. The average molecular weight is 611 g/mol. The zero-order valence-corrected chi connectivity index (χ0v) is 16.4. The van der Waals surface area contributed by atoms with Gasteiger partial charge in [0.25, 0.3) is 0 Å². The van der Waals surface area contributed by atoms with Gasteiger partial charge in [0.05, 0.1) is 19.9 Å². The Morgan fingerprint density at radius 3 is 2.50 bits per heavy atom. The molecule has 9 heteroatoms. The second-order valence-corrected chi connectivity index (χ2v) is 7.29. The predicted molar refractivity (Wildman–Crippen MR) is 97.1 cm³/mol. The molecule has 1 heterocycles. The van der Waals surface area contributed by atoms with Crippen LogP contribution in [0, 0.1) is 10.7 Å². The normalized spacial score (nSPS) is 10.6. The molecule has 0 bridgehead atoms. The summed E-state index contributed by atoms with van der Waals surface area (Å²) in [6, 6.07) is 4.08. The van der Waals surface area contributed by atoms with Crippen molar-refractivity contribution in [2.45, 2.75) is 6.54 Å². The summed E-state index contributed by atoms with van der Waals surface area (Å²) in [5, 5.41) is 16.0. The molecule has 1 aromatic heterocycles. The van der Waals surface area contributed by atoms with Crippen LogP contribution in [0.1, 0.15) is 10.5 Å². The molecule has 1 aromatic carbocycles. The van der Waals surface area contributed by atoms with Gasteiger partial charge in [-0.25, -0.2) is 9.48 Å². The van der Waals surface area contributed by atoms with E-state index in [1.54, 1.807) is 0 Å². The van der Waals surface area contributed by atoms with Gasteiger partial charge >= 0.3 is 5.97 Å². The molecule has 6 nitrogen and oxygen atoms in total. The van der Waals surface area contributed by atoms with Crippen molar-refractivity contribution < 1.29 is 14.6 Å². The van der Waals surface area contributed by atoms with Crippen molar-refractivity contribution in [1.29, 1.82) is 0 Å². The quantitative estimate of drug-likeness (QED) is 0.527. The van der Waals surface area contributed by atoms with Crippen LogP contribution in [0.2, 0.25) is 0 Å². The minimum atomic E-state index is -1.08. The molecule has 0 aliphatic rings. The topological polar surface area (TPSA) is 77.2 Å². The summed E-state index contributed by atoms with van der Waals surface area (Å²) in [6.07, 6.45) is 1.38. The maximum absolute atomic E-state index is 10.7. The molecule has 0 aliphatic heterocycles. The van der Waals surface area contributed by atoms with E-state index in [9.17, 15) is 4.79 Å². The molecule has 0 atom stereocenters. The van der Waals surface area contributed by atoms with Crippen LogP contribution >= 0.6 is 67.8 Å². The number of ether oxygens (including phenoxy) is 1. The van der Waals surface area contributed by atoms with Gasteiger partial charge in [-0.3, -0.25) is 0 Å². The SMILES string of the molecule is O=C(O)c1cn(CCOc2c(I)cc(I)cc2I)nn1. The molecular weight excluding hydrogens is 603 g/mol. The standard InChI is InChI=1S/C11H8I3N3O3/c12-6-3-7(13)10(8(14)4-6)20-2-1-17-5-9(11(18)19)15-16-17/h3-5H,1-2H2,(H,18,19). The Bertz CT molecular complexity index is 622. The summed E-state index contributed by atoms with van der Waals surface area (Å²) in [5.74, 6) is -0.246. The Morgan fingerprint density at radius 1 is 1.30 bits per heavy atom. The molecule has 0 fully saturated rings. The van der Waals surface area contributed by atoms with Crippen LogP contribution in [0.3, 0.4) is 0 Å². The molecule has 20 heavy (non-hydrogen) atoms. The second kappa shape index (κ2) is 7.20. The molecule has 0 spiro atoms. The Hall–Kier alpha value is -0.180. The number of aromatic nitrogens is 3. The lowest BCUT2D eigenvalue weighted by molar-refractivity contribution is 0.0690. The summed E-state index contributed by atoms with van der Waals surface area (Å²) in [4.78, 5) is 10.7. The number of aromatic carboxylic acids is 1. The summed E-state index contributed by atoms with van der Waals surface area (Å²) in [7, 11) is 0. The lowest BCUT2D eigenvalue weighted by atomic mass is 10.3. The van der Waals surface area contributed by atoms with Crippen LogP contribution < -0.4 is 4.74 Å². The van der Waals surface area contributed by atoms with E-state index in [1.807, 2.05) is 12.1 Å². The Kier molecular flexibility index (Phi) is 5.83. The highest BCUT2D eigenvalue weighted by molar-refractivity contribution is 14.1. The molecule has 0 saturated heterocycles. The van der Waals surface area contributed by atoms with E-state index in [-0.39, 0.29) is 5.69 Å². The monoisotopic (exact) mass is 611 g/mol. The lowest BCUT2D eigenvalue weighted by Gasteiger charge is -2.10. The molecular formula is C11H8I3N3O3. The van der Waals surface area contributed by atoms with Crippen LogP contribution in [0.5, 0.6) is 5.75 Å². The van der Waals surface area contributed by atoms with Gasteiger partial charge in [0.2, 0.25) is 0 Å². The number of carbonyl (C=O) groups is 1. The first kappa shape index (κ1) is 16.2. The second-order valence-electron chi connectivity index (χ2n) is 3.72. The first-order valence-electron chi connectivity index (χ1n) is 5.38. The van der Waals surface area contributed by atoms with Gasteiger partial charge in [-0.2, -0.15) is 0 Å². The number of carboxylic acids is 1. The largest absolute Gasteiger partial charge is 0.489 e. The van der Waals surface area contributed by atoms with Gasteiger partial charge in [-0.1, -0.05) is 5.21 Å². The van der Waals surface area contributed by atoms with Crippen molar-refractivity contribution in [3.05, 3.63) is 34.7 Å². The molecule has 106 valence electrons. The molecule has 2 aromatic rings. The summed E-state index contributed by atoms with van der Waals surface area (Å²) in [5.41, 5.74) is -0.0663. The van der Waals surface area contributed by atoms with E-state index in [4.69, 9.17) is 9.84 Å². The van der Waals surface area contributed by atoms with Gasteiger partial charge in [0, 0.05) is 3.57 Å². The summed E-state index contributed by atoms with van der Waals surface area (Å²) >= 11 is 6.72. The molecule has 1 N–H and O–H groups in total. The Balaban J connectivity index is 1.97. The van der Waals surface area contributed by atoms with E-state index in [0.717, 1.165) is 16.5 Å². The number of halogens is 3. The minimum Gasteiger partial charge on any atom is -0.489 e. The number of nitrogens with zero attached hydrogens (tertiary/aromatic N) is 3. The molecule has 0 radical (unpaired) electrons. The van der Waals surface area contributed by atoms with Crippen molar-refractivity contribution in [2.24, 2.45) is 0 Å². The first-order chi connectivity index (χ1) is 9.47. The van der Waals surface area contributed by atoms with Crippen LogP contribution in [0.4, 0.5) is 0 Å². The zero-order chi connectivity index (χ0) is 14.7. The van der Waals surface area contributed by atoms with Gasteiger partial charge in [-0.05, 0) is 79.9 Å². The lowest BCUT2D eigenvalue weighted by Crippen LogP contribution is -2.10. The summed E-state index contributed by atoms with van der Waals surface area (Å²) < 4.78 is 10.4. The van der Waals surface area contributed by atoms with Crippen LogP contribution in [0.25, 0.3) is 0 Å². The third kappa shape index (κ3) is 4.16. The van der Waals surface area contributed by atoms with E-state index < -0.39 is 5.97 Å². The van der Waals surface area contributed by atoms with Gasteiger partial charge in [0.15, 0.2) is 5.69 Å². The van der Waals surface area contributed by atoms with Crippen LogP contribution in [0.15, 0.2) is 18.3 Å². The zero-order valence-electron chi connectivity index (χ0n) is 9.89. The number of hydrogen-bond acceptors (Lipinski definition) is 4. The highest BCUT2D eigenvalue weighted by Gasteiger charge is 2.10. The fraction of sp³-hybridized carbons (Fsp3) is 0.182. The van der Waals surface area contributed by atoms with E-state index in [2.05, 4.69) is 78.1 Å². The van der Waals surface area contributed by atoms with Gasteiger partial charge < -0.3 is 9.84 Å². The number of carboxylic acid groups (broad SMARTS) is 1.